The van der Waals surface area contributed by atoms with Gasteiger partial charge in [-0.05, 0) is 18.7 Å². The summed E-state index contributed by atoms with van der Waals surface area (Å²) < 4.78 is 0. The van der Waals surface area contributed by atoms with Crippen molar-refractivity contribution in [3.8, 4) is 0 Å². The number of amides is 1. The fourth-order valence-electron chi connectivity index (χ4n) is 1.14. The number of rotatable bonds is 5. The summed E-state index contributed by atoms with van der Waals surface area (Å²) in [4.78, 5) is 15.7. The van der Waals surface area contributed by atoms with Crippen LogP contribution in [0.4, 0.5) is 5.82 Å². The largest absolute Gasteiger partial charge is 0.316 e. The highest BCUT2D eigenvalue weighted by Gasteiger charge is 2.12. The Balaban J connectivity index is 2.42. The monoisotopic (exact) mass is 207 g/mol. The van der Waals surface area contributed by atoms with E-state index >= 15 is 0 Å². The Labute approximate surface area is 90.1 Å². The van der Waals surface area contributed by atoms with Crippen LogP contribution in [-0.2, 0) is 4.79 Å². The molecule has 0 saturated heterocycles. The molecule has 0 aromatic carbocycles. The Morgan fingerprint density at radius 2 is 2.33 bits per heavy atom. The van der Waals surface area contributed by atoms with Gasteiger partial charge in [0.15, 0.2) is 0 Å². The summed E-state index contributed by atoms with van der Waals surface area (Å²) in [6.45, 7) is 5.47. The Hall–Kier alpha value is -1.42. The standard InChI is InChI=1S/C11H17N3O/c1-3-12-8-9(2)11(15)14-10-6-4-5-7-13-10/h4-7,9,12H,3,8H2,1-2H3,(H,13,14,15). The summed E-state index contributed by atoms with van der Waals surface area (Å²) in [5.74, 6) is 0.549. The zero-order valence-electron chi connectivity index (χ0n) is 9.16. The Morgan fingerprint density at radius 3 is 2.93 bits per heavy atom. The molecule has 0 aliphatic heterocycles. The zero-order chi connectivity index (χ0) is 11.1. The quantitative estimate of drug-likeness (QED) is 0.764. The second kappa shape index (κ2) is 6.14. The van der Waals surface area contributed by atoms with Crippen molar-refractivity contribution in [3.63, 3.8) is 0 Å². The molecule has 2 N–H and O–H groups in total. The molecule has 1 aromatic rings. The lowest BCUT2D eigenvalue weighted by atomic mass is 10.1. The van der Waals surface area contributed by atoms with Crippen LogP contribution in [0.15, 0.2) is 24.4 Å². The van der Waals surface area contributed by atoms with Crippen molar-refractivity contribution in [2.75, 3.05) is 18.4 Å². The van der Waals surface area contributed by atoms with Crippen molar-refractivity contribution in [2.24, 2.45) is 5.92 Å². The van der Waals surface area contributed by atoms with Crippen LogP contribution in [0.25, 0.3) is 0 Å². The van der Waals surface area contributed by atoms with E-state index in [0.717, 1.165) is 6.54 Å². The topological polar surface area (TPSA) is 54.0 Å². The van der Waals surface area contributed by atoms with Gasteiger partial charge in [-0.1, -0.05) is 19.9 Å². The molecule has 1 atom stereocenters. The maximum absolute atomic E-state index is 11.6. The van der Waals surface area contributed by atoms with Gasteiger partial charge in [0.25, 0.3) is 0 Å². The van der Waals surface area contributed by atoms with Crippen LogP contribution in [0.2, 0.25) is 0 Å². The van der Waals surface area contributed by atoms with Crippen LogP contribution in [-0.4, -0.2) is 24.0 Å². The summed E-state index contributed by atoms with van der Waals surface area (Å²) >= 11 is 0. The summed E-state index contributed by atoms with van der Waals surface area (Å²) in [7, 11) is 0. The van der Waals surface area contributed by atoms with Crippen molar-refractivity contribution in [2.45, 2.75) is 13.8 Å². The highest BCUT2D eigenvalue weighted by Crippen LogP contribution is 2.03. The van der Waals surface area contributed by atoms with E-state index in [4.69, 9.17) is 0 Å². The molecule has 4 heteroatoms. The van der Waals surface area contributed by atoms with E-state index in [2.05, 4.69) is 15.6 Å². The average molecular weight is 207 g/mol. The lowest BCUT2D eigenvalue weighted by Crippen LogP contribution is -2.30. The number of anilines is 1. The van der Waals surface area contributed by atoms with Crippen molar-refractivity contribution < 1.29 is 4.79 Å². The van der Waals surface area contributed by atoms with Gasteiger partial charge in [0, 0.05) is 18.7 Å². The number of aromatic nitrogens is 1. The maximum atomic E-state index is 11.6. The number of hydrogen-bond acceptors (Lipinski definition) is 3. The summed E-state index contributed by atoms with van der Waals surface area (Å²) in [6.07, 6.45) is 1.66. The average Bonchev–Trinajstić information content (AvgIpc) is 2.27. The zero-order valence-corrected chi connectivity index (χ0v) is 9.16. The molecular weight excluding hydrogens is 190 g/mol. The molecule has 1 aromatic heterocycles. The number of carbonyl (C=O) groups is 1. The number of carbonyl (C=O) groups excluding carboxylic acids is 1. The van der Waals surface area contributed by atoms with E-state index in [1.165, 1.54) is 0 Å². The van der Waals surface area contributed by atoms with E-state index in [9.17, 15) is 4.79 Å². The van der Waals surface area contributed by atoms with E-state index in [1.54, 1.807) is 12.3 Å². The molecule has 4 nitrogen and oxygen atoms in total. The van der Waals surface area contributed by atoms with E-state index in [-0.39, 0.29) is 11.8 Å². The van der Waals surface area contributed by atoms with Crippen LogP contribution < -0.4 is 10.6 Å². The second-order valence-corrected chi connectivity index (χ2v) is 3.41. The highest BCUT2D eigenvalue weighted by atomic mass is 16.1. The van der Waals surface area contributed by atoms with E-state index in [1.807, 2.05) is 26.0 Å². The molecule has 1 rings (SSSR count). The molecular formula is C11H17N3O. The van der Waals surface area contributed by atoms with Crippen LogP contribution in [0.1, 0.15) is 13.8 Å². The predicted molar refractivity (Wildman–Crippen MR) is 60.6 cm³/mol. The number of nitrogens with one attached hydrogen (secondary N) is 2. The van der Waals surface area contributed by atoms with Crippen molar-refractivity contribution in [1.82, 2.24) is 10.3 Å². The lowest BCUT2D eigenvalue weighted by molar-refractivity contribution is -0.119. The minimum Gasteiger partial charge on any atom is -0.316 e. The van der Waals surface area contributed by atoms with Gasteiger partial charge in [-0.3, -0.25) is 4.79 Å². The van der Waals surface area contributed by atoms with Gasteiger partial charge in [-0.15, -0.1) is 0 Å². The molecule has 1 amide bonds. The Kier molecular flexibility index (Phi) is 4.77. The summed E-state index contributed by atoms with van der Waals surface area (Å²) in [6, 6.07) is 5.44. The molecule has 0 radical (unpaired) electrons. The first-order valence-electron chi connectivity index (χ1n) is 5.16. The minimum atomic E-state index is -0.0491. The third-order valence-electron chi connectivity index (χ3n) is 2.06. The van der Waals surface area contributed by atoms with Crippen molar-refractivity contribution in [1.29, 1.82) is 0 Å². The molecule has 15 heavy (non-hydrogen) atoms. The van der Waals surface area contributed by atoms with Gasteiger partial charge >= 0.3 is 0 Å². The molecule has 1 unspecified atom stereocenters. The van der Waals surface area contributed by atoms with Crippen molar-refractivity contribution >= 4 is 11.7 Å². The normalized spacial score (nSPS) is 12.1. The fourth-order valence-corrected chi connectivity index (χ4v) is 1.14. The lowest BCUT2D eigenvalue weighted by Gasteiger charge is -2.11. The van der Waals surface area contributed by atoms with Crippen LogP contribution in [0.3, 0.4) is 0 Å². The molecule has 0 fully saturated rings. The molecule has 82 valence electrons. The maximum Gasteiger partial charge on any atom is 0.229 e. The van der Waals surface area contributed by atoms with E-state index in [0.29, 0.717) is 12.4 Å². The third-order valence-corrected chi connectivity index (χ3v) is 2.06. The first-order chi connectivity index (χ1) is 7.24. The third kappa shape index (κ3) is 4.08. The Bertz CT molecular complexity index is 300. The van der Waals surface area contributed by atoms with Crippen LogP contribution >= 0.6 is 0 Å². The minimum absolute atomic E-state index is 0.00495. The predicted octanol–water partition coefficient (Wildman–Crippen LogP) is 1.27. The summed E-state index contributed by atoms with van der Waals surface area (Å²) in [5, 5.41) is 5.89. The smallest absolute Gasteiger partial charge is 0.229 e. The van der Waals surface area contributed by atoms with Crippen molar-refractivity contribution in [3.05, 3.63) is 24.4 Å². The second-order valence-electron chi connectivity index (χ2n) is 3.41. The Morgan fingerprint density at radius 1 is 1.53 bits per heavy atom. The van der Waals surface area contributed by atoms with Crippen LogP contribution in [0.5, 0.6) is 0 Å². The van der Waals surface area contributed by atoms with Crippen LogP contribution in [0, 0.1) is 5.92 Å². The first-order valence-corrected chi connectivity index (χ1v) is 5.16. The highest BCUT2D eigenvalue weighted by molar-refractivity contribution is 5.91. The number of nitrogens with zero attached hydrogens (tertiary/aromatic N) is 1. The van der Waals surface area contributed by atoms with Gasteiger partial charge in [-0.25, -0.2) is 4.98 Å². The van der Waals surface area contributed by atoms with E-state index < -0.39 is 0 Å². The van der Waals surface area contributed by atoms with Gasteiger partial charge in [-0.2, -0.15) is 0 Å². The first kappa shape index (κ1) is 11.7. The molecule has 0 saturated carbocycles. The summed E-state index contributed by atoms with van der Waals surface area (Å²) in [5.41, 5.74) is 0. The molecule has 0 aliphatic carbocycles. The molecule has 0 spiro atoms. The molecule has 0 bridgehead atoms. The number of pyridine rings is 1. The fraction of sp³-hybridized carbons (Fsp3) is 0.455. The van der Waals surface area contributed by atoms with Gasteiger partial charge < -0.3 is 10.6 Å². The van der Waals surface area contributed by atoms with Gasteiger partial charge in [0.1, 0.15) is 5.82 Å². The number of hydrogen-bond donors (Lipinski definition) is 2. The van der Waals surface area contributed by atoms with Gasteiger partial charge in [0.2, 0.25) is 5.91 Å². The molecule has 1 heterocycles. The molecule has 0 aliphatic rings. The van der Waals surface area contributed by atoms with Gasteiger partial charge in [0.05, 0.1) is 0 Å². The SMILES string of the molecule is CCNCC(C)C(=O)Nc1ccccn1.